The highest BCUT2D eigenvalue weighted by Crippen LogP contribution is 2.32. The second-order valence-electron chi connectivity index (χ2n) is 4.06. The minimum absolute atomic E-state index is 0.275. The van der Waals surface area contributed by atoms with Crippen LogP contribution in [0.25, 0.3) is 0 Å². The van der Waals surface area contributed by atoms with E-state index in [2.05, 4.69) is 12.2 Å². The minimum atomic E-state index is 0.275. The van der Waals surface area contributed by atoms with E-state index in [9.17, 15) is 0 Å². The first-order chi connectivity index (χ1) is 8.29. The average molecular weight is 237 g/mol. The summed E-state index contributed by atoms with van der Waals surface area (Å²) in [6.07, 6.45) is 0. The Morgan fingerprint density at radius 3 is 2.82 bits per heavy atom. The Morgan fingerprint density at radius 2 is 2.06 bits per heavy atom. The van der Waals surface area contributed by atoms with Gasteiger partial charge in [-0.2, -0.15) is 0 Å². The van der Waals surface area contributed by atoms with E-state index in [1.807, 2.05) is 25.1 Å². The van der Waals surface area contributed by atoms with Crippen LogP contribution in [0.2, 0.25) is 0 Å². The van der Waals surface area contributed by atoms with Crippen LogP contribution in [0.5, 0.6) is 11.5 Å². The van der Waals surface area contributed by atoms with Gasteiger partial charge < -0.3 is 19.5 Å². The molecule has 17 heavy (non-hydrogen) atoms. The number of fused-ring (bicyclic) bond motifs is 1. The number of hydrogen-bond acceptors (Lipinski definition) is 4. The zero-order valence-electron chi connectivity index (χ0n) is 10.4. The fourth-order valence-electron chi connectivity index (χ4n) is 1.75. The van der Waals surface area contributed by atoms with E-state index in [-0.39, 0.29) is 6.04 Å². The SMILES string of the molecule is CCOCC(C)Nc1ccc2c(c1)OCCO2. The van der Waals surface area contributed by atoms with Gasteiger partial charge in [-0.3, -0.25) is 0 Å². The average Bonchev–Trinajstić information content (AvgIpc) is 2.36. The molecule has 1 aliphatic heterocycles. The van der Waals surface area contributed by atoms with Crippen LogP contribution in [0, 0.1) is 0 Å². The number of rotatable bonds is 5. The molecule has 1 aromatic carbocycles. The summed E-state index contributed by atoms with van der Waals surface area (Å²) in [6, 6.07) is 6.18. The van der Waals surface area contributed by atoms with Crippen LogP contribution in [0.15, 0.2) is 18.2 Å². The smallest absolute Gasteiger partial charge is 0.163 e. The Kier molecular flexibility index (Phi) is 4.09. The standard InChI is InChI=1S/C13H19NO3/c1-3-15-9-10(2)14-11-4-5-12-13(8-11)17-7-6-16-12/h4-5,8,10,14H,3,6-7,9H2,1-2H3. The van der Waals surface area contributed by atoms with Crippen molar-refractivity contribution in [3.8, 4) is 11.5 Å². The molecule has 4 nitrogen and oxygen atoms in total. The largest absolute Gasteiger partial charge is 0.486 e. The lowest BCUT2D eigenvalue weighted by molar-refractivity contribution is 0.141. The molecule has 1 heterocycles. The lowest BCUT2D eigenvalue weighted by Gasteiger charge is -2.20. The van der Waals surface area contributed by atoms with E-state index in [4.69, 9.17) is 14.2 Å². The van der Waals surface area contributed by atoms with Crippen LogP contribution in [-0.4, -0.2) is 32.5 Å². The van der Waals surface area contributed by atoms with E-state index < -0.39 is 0 Å². The predicted octanol–water partition coefficient (Wildman–Crippen LogP) is 2.29. The van der Waals surface area contributed by atoms with Crippen molar-refractivity contribution in [2.45, 2.75) is 19.9 Å². The summed E-state index contributed by atoms with van der Waals surface area (Å²) >= 11 is 0. The molecule has 1 aromatic rings. The van der Waals surface area contributed by atoms with Crippen LogP contribution in [0.4, 0.5) is 5.69 Å². The summed E-state index contributed by atoms with van der Waals surface area (Å²) in [4.78, 5) is 0. The van der Waals surface area contributed by atoms with Gasteiger partial charge in [-0.25, -0.2) is 0 Å². The zero-order valence-corrected chi connectivity index (χ0v) is 10.4. The number of benzene rings is 1. The molecule has 1 N–H and O–H groups in total. The molecular formula is C13H19NO3. The van der Waals surface area contributed by atoms with Crippen LogP contribution >= 0.6 is 0 Å². The van der Waals surface area contributed by atoms with E-state index in [1.165, 1.54) is 0 Å². The summed E-state index contributed by atoms with van der Waals surface area (Å²) in [6.45, 7) is 6.77. The summed E-state index contributed by atoms with van der Waals surface area (Å²) in [7, 11) is 0. The van der Waals surface area contributed by atoms with E-state index in [0.29, 0.717) is 19.8 Å². The maximum absolute atomic E-state index is 5.53. The third-order valence-corrected chi connectivity index (χ3v) is 2.53. The fourth-order valence-corrected chi connectivity index (χ4v) is 1.75. The molecule has 1 atom stereocenters. The Hall–Kier alpha value is -1.42. The highest BCUT2D eigenvalue weighted by molar-refractivity contribution is 5.55. The van der Waals surface area contributed by atoms with Gasteiger partial charge in [0.2, 0.25) is 0 Å². The topological polar surface area (TPSA) is 39.7 Å². The molecule has 0 aliphatic carbocycles. The first kappa shape index (κ1) is 12.0. The van der Waals surface area contributed by atoms with Gasteiger partial charge in [0.25, 0.3) is 0 Å². The molecule has 4 heteroatoms. The summed E-state index contributed by atoms with van der Waals surface area (Å²) in [5.41, 5.74) is 1.03. The molecule has 0 spiro atoms. The molecule has 0 aromatic heterocycles. The number of ether oxygens (including phenoxy) is 3. The lowest BCUT2D eigenvalue weighted by Crippen LogP contribution is -2.22. The fraction of sp³-hybridized carbons (Fsp3) is 0.538. The van der Waals surface area contributed by atoms with Gasteiger partial charge in [0.15, 0.2) is 11.5 Å². The third-order valence-electron chi connectivity index (χ3n) is 2.53. The maximum atomic E-state index is 5.53. The third kappa shape index (κ3) is 3.27. The Labute approximate surface area is 102 Å². The van der Waals surface area contributed by atoms with Crippen LogP contribution < -0.4 is 14.8 Å². The minimum Gasteiger partial charge on any atom is -0.486 e. The van der Waals surface area contributed by atoms with Crippen molar-refractivity contribution in [3.63, 3.8) is 0 Å². The van der Waals surface area contributed by atoms with E-state index >= 15 is 0 Å². The van der Waals surface area contributed by atoms with Gasteiger partial charge in [-0.15, -0.1) is 0 Å². The van der Waals surface area contributed by atoms with E-state index in [1.54, 1.807) is 0 Å². The molecule has 0 amide bonds. The molecular weight excluding hydrogens is 218 g/mol. The van der Waals surface area contributed by atoms with Crippen LogP contribution in [0.3, 0.4) is 0 Å². The van der Waals surface area contributed by atoms with Gasteiger partial charge in [-0.05, 0) is 26.0 Å². The van der Waals surface area contributed by atoms with Gasteiger partial charge in [0.1, 0.15) is 13.2 Å². The summed E-state index contributed by atoms with van der Waals surface area (Å²) in [5.74, 6) is 1.63. The molecule has 2 rings (SSSR count). The van der Waals surface area contributed by atoms with Crippen molar-refractivity contribution in [1.82, 2.24) is 0 Å². The van der Waals surface area contributed by atoms with Crippen LogP contribution in [0.1, 0.15) is 13.8 Å². The number of nitrogens with one attached hydrogen (secondary N) is 1. The van der Waals surface area contributed by atoms with Crippen molar-refractivity contribution in [3.05, 3.63) is 18.2 Å². The first-order valence-corrected chi connectivity index (χ1v) is 6.03. The first-order valence-electron chi connectivity index (χ1n) is 6.03. The van der Waals surface area contributed by atoms with Crippen molar-refractivity contribution in [2.24, 2.45) is 0 Å². The lowest BCUT2D eigenvalue weighted by atomic mass is 10.2. The van der Waals surface area contributed by atoms with Gasteiger partial charge in [0, 0.05) is 24.4 Å². The van der Waals surface area contributed by atoms with Crippen molar-refractivity contribution in [2.75, 3.05) is 31.7 Å². The molecule has 0 saturated carbocycles. The quantitative estimate of drug-likeness (QED) is 0.853. The zero-order chi connectivity index (χ0) is 12.1. The van der Waals surface area contributed by atoms with Gasteiger partial charge in [0.05, 0.1) is 6.61 Å². The van der Waals surface area contributed by atoms with Gasteiger partial charge in [-0.1, -0.05) is 0 Å². The monoisotopic (exact) mass is 237 g/mol. The Balaban J connectivity index is 1.97. The predicted molar refractivity (Wildman–Crippen MR) is 67.0 cm³/mol. The Morgan fingerprint density at radius 1 is 1.29 bits per heavy atom. The van der Waals surface area contributed by atoms with Gasteiger partial charge >= 0.3 is 0 Å². The molecule has 0 bridgehead atoms. The number of hydrogen-bond donors (Lipinski definition) is 1. The molecule has 0 saturated heterocycles. The second kappa shape index (κ2) is 5.77. The molecule has 0 fully saturated rings. The van der Waals surface area contributed by atoms with E-state index in [0.717, 1.165) is 23.8 Å². The van der Waals surface area contributed by atoms with Crippen molar-refractivity contribution in [1.29, 1.82) is 0 Å². The highest BCUT2D eigenvalue weighted by Gasteiger charge is 2.12. The number of anilines is 1. The second-order valence-corrected chi connectivity index (χ2v) is 4.06. The maximum Gasteiger partial charge on any atom is 0.163 e. The molecule has 94 valence electrons. The Bertz CT molecular complexity index is 368. The molecule has 1 unspecified atom stereocenters. The highest BCUT2D eigenvalue weighted by atomic mass is 16.6. The normalized spacial score (nSPS) is 15.4. The molecule has 1 aliphatic rings. The van der Waals surface area contributed by atoms with Crippen molar-refractivity contribution >= 4 is 5.69 Å². The summed E-state index contributed by atoms with van der Waals surface area (Å²) < 4.78 is 16.4. The van der Waals surface area contributed by atoms with Crippen molar-refractivity contribution < 1.29 is 14.2 Å². The summed E-state index contributed by atoms with van der Waals surface area (Å²) in [5, 5.41) is 3.37. The van der Waals surface area contributed by atoms with Crippen LogP contribution in [-0.2, 0) is 4.74 Å². The molecule has 0 radical (unpaired) electrons.